The maximum atomic E-state index is 9.19. The number of nitrogens with zero attached hydrogens (tertiary/aromatic N) is 4. The minimum Gasteiger partial charge on any atom is -0.458 e. The summed E-state index contributed by atoms with van der Waals surface area (Å²) in [7, 11) is 0. The van der Waals surface area contributed by atoms with Crippen LogP contribution in [0.1, 0.15) is 41.5 Å². The first-order chi connectivity index (χ1) is 34.2. The van der Waals surface area contributed by atoms with Crippen LogP contribution in [0.4, 0.5) is 0 Å². The first-order valence-electron chi connectivity index (χ1n) is 24.9. The third-order valence-corrected chi connectivity index (χ3v) is 12.3. The molecule has 0 aliphatic heterocycles. The molecular weight excluding hydrogens is 769 g/mol. The molecule has 0 fully saturated rings. The first kappa shape index (κ1) is 29.3. The number of fused-ring (bicyclic) bond motifs is 7. The Labute approximate surface area is 377 Å². The van der Waals surface area contributed by atoms with Crippen LogP contribution in [0.25, 0.3) is 83.4 Å². The average Bonchev–Trinajstić information content (AvgIpc) is 4.01. The second kappa shape index (κ2) is 14.3. The highest BCUT2D eigenvalue weighted by molar-refractivity contribution is 6.09. The third-order valence-electron chi connectivity index (χ3n) is 12.3. The van der Waals surface area contributed by atoms with Gasteiger partial charge in [0.25, 0.3) is 6.33 Å². The lowest BCUT2D eigenvalue weighted by molar-refractivity contribution is -0.571. The van der Waals surface area contributed by atoms with E-state index in [2.05, 4.69) is 79.3 Å². The van der Waals surface area contributed by atoms with Gasteiger partial charge in [-0.3, -0.25) is 13.7 Å². The molecule has 0 atom stereocenters. The molecule has 1 aliphatic rings. The maximum Gasteiger partial charge on any atom is 0.269 e. The van der Waals surface area contributed by atoms with Crippen molar-refractivity contribution in [2.75, 3.05) is 0 Å². The van der Waals surface area contributed by atoms with Gasteiger partial charge in [-0.05, 0) is 93.9 Å². The van der Waals surface area contributed by atoms with E-state index in [4.69, 9.17) is 19.3 Å². The summed E-state index contributed by atoms with van der Waals surface area (Å²) in [6.45, 7) is 6.14. The van der Waals surface area contributed by atoms with Gasteiger partial charge >= 0.3 is 0 Å². The minimum atomic E-state index is -0.512. The van der Waals surface area contributed by atoms with Crippen molar-refractivity contribution in [2.24, 2.45) is 0 Å². The molecule has 63 heavy (non-hydrogen) atoms. The summed E-state index contributed by atoms with van der Waals surface area (Å²) in [6, 6.07) is 44.9. The van der Waals surface area contributed by atoms with Crippen LogP contribution >= 0.6 is 0 Å². The van der Waals surface area contributed by atoms with Crippen LogP contribution in [0.2, 0.25) is 0 Å². The summed E-state index contributed by atoms with van der Waals surface area (Å²) >= 11 is 0. The fourth-order valence-electron chi connectivity index (χ4n) is 9.41. The summed E-state index contributed by atoms with van der Waals surface area (Å²) in [5.74, 6) is 1.99. The molecule has 0 spiro atoms. The highest BCUT2D eigenvalue weighted by Gasteiger charge is 2.36. The standard InChI is InChI=1S/C58H42N4O/c1-38-16-13-19-40(32-38)45-25-15-24-44(39-17-5-4-6-18-39)57(45)61-37-60(53-28-11-12-29-54(53)61)41-20-14-21-42(33-41)63-43-30-31-48-47-23-8-10-27-52(47)62(55(48)34-43)56-35-49-46-22-7-9-26-50(46)58(2,3)51(49)36-59-56/h4-36H,1-3H3/i4D,5D,6D,13D,16D,17D,18D,32D. The number of para-hydroxylation sites is 4. The summed E-state index contributed by atoms with van der Waals surface area (Å²) in [6.07, 6.45) is 5.56. The molecule has 0 unspecified atom stereocenters. The summed E-state index contributed by atoms with van der Waals surface area (Å²) in [4.78, 5) is 5.11. The first-order valence-corrected chi connectivity index (χ1v) is 20.9. The van der Waals surface area contributed by atoms with E-state index in [0.29, 0.717) is 50.6 Å². The van der Waals surface area contributed by atoms with Gasteiger partial charge in [-0.15, -0.1) is 0 Å². The zero-order valence-electron chi connectivity index (χ0n) is 42.6. The molecule has 3 aromatic heterocycles. The van der Waals surface area contributed by atoms with Crippen molar-refractivity contribution in [1.82, 2.24) is 14.1 Å². The predicted octanol–water partition coefficient (Wildman–Crippen LogP) is 13.9. The smallest absolute Gasteiger partial charge is 0.269 e. The van der Waals surface area contributed by atoms with Crippen molar-refractivity contribution in [1.29, 1.82) is 0 Å². The lowest BCUT2D eigenvalue weighted by atomic mass is 9.83. The van der Waals surface area contributed by atoms with Gasteiger partial charge in [-0.1, -0.05) is 165 Å². The normalized spacial score (nSPS) is 14.6. The lowest BCUT2D eigenvalue weighted by Gasteiger charge is -2.21. The molecule has 0 saturated carbocycles. The number of hydrogen-bond donors (Lipinski definition) is 0. The molecule has 12 rings (SSSR count). The Hall–Kier alpha value is -8.02. The molecule has 0 N–H and O–H groups in total. The molecule has 1 aliphatic carbocycles. The van der Waals surface area contributed by atoms with Crippen molar-refractivity contribution in [2.45, 2.75) is 26.2 Å². The van der Waals surface area contributed by atoms with E-state index in [1.807, 2.05) is 77.5 Å². The van der Waals surface area contributed by atoms with Gasteiger partial charge < -0.3 is 4.74 Å². The molecule has 0 amide bonds. The van der Waals surface area contributed by atoms with E-state index < -0.39 is 18.1 Å². The summed E-state index contributed by atoms with van der Waals surface area (Å²) < 4.78 is 82.6. The Balaban J connectivity index is 0.998. The summed E-state index contributed by atoms with van der Waals surface area (Å²) in [5.41, 5.74) is 10.5. The van der Waals surface area contributed by atoms with E-state index in [9.17, 15) is 1.37 Å². The molecule has 0 saturated heterocycles. The molecule has 300 valence electrons. The Kier molecular flexibility index (Phi) is 6.64. The Bertz CT molecular complexity index is 4050. The lowest BCUT2D eigenvalue weighted by Crippen LogP contribution is -2.31. The van der Waals surface area contributed by atoms with Gasteiger partial charge in [0.1, 0.15) is 17.3 Å². The quantitative estimate of drug-likeness (QED) is 0.119. The van der Waals surface area contributed by atoms with Gasteiger partial charge in [0.15, 0.2) is 0 Å². The number of rotatable bonds is 7. The SMILES string of the molecule is [2H]c1cc(-c2cccc(-c3c([2H])c([2H])c([2H])c([2H])c3[2H])c2-[n+]2[c-]n(-c3cccc(Oc4ccc5c6ccccc6n(-c6cc7c(cn6)C(C)(C)c6ccccc6-7)c5c4)c3)c3ccccc32)c([2H])c(C)c1[2H]. The van der Waals surface area contributed by atoms with Crippen LogP contribution in [0.15, 0.2) is 200 Å². The number of imidazole rings is 1. The number of ether oxygens (including phenoxy) is 1. The third kappa shape index (κ3) is 5.92. The van der Waals surface area contributed by atoms with Crippen molar-refractivity contribution < 1.29 is 20.3 Å². The van der Waals surface area contributed by atoms with Crippen LogP contribution in [0.5, 0.6) is 11.5 Å². The molecule has 3 heterocycles. The van der Waals surface area contributed by atoms with E-state index in [0.717, 1.165) is 33.1 Å². The van der Waals surface area contributed by atoms with Crippen molar-refractivity contribution in [3.8, 4) is 62.1 Å². The van der Waals surface area contributed by atoms with Crippen LogP contribution in [0, 0.1) is 13.3 Å². The van der Waals surface area contributed by atoms with Gasteiger partial charge in [-0.2, -0.15) is 0 Å². The summed E-state index contributed by atoms with van der Waals surface area (Å²) in [5, 5.41) is 2.16. The zero-order valence-corrected chi connectivity index (χ0v) is 34.6. The van der Waals surface area contributed by atoms with E-state index >= 15 is 0 Å². The second-order valence-corrected chi connectivity index (χ2v) is 16.4. The monoisotopic (exact) mass is 818 g/mol. The highest BCUT2D eigenvalue weighted by atomic mass is 16.5. The second-order valence-electron chi connectivity index (χ2n) is 16.4. The molecule has 5 heteroatoms. The zero-order chi connectivity index (χ0) is 49.2. The fraction of sp³-hybridized carbons (Fsp3) is 0.0690. The van der Waals surface area contributed by atoms with Crippen LogP contribution in [-0.2, 0) is 5.41 Å². The van der Waals surface area contributed by atoms with Crippen molar-refractivity contribution >= 4 is 32.8 Å². The van der Waals surface area contributed by atoms with Crippen molar-refractivity contribution in [3.63, 3.8) is 0 Å². The van der Waals surface area contributed by atoms with Crippen LogP contribution in [0.3, 0.4) is 0 Å². The van der Waals surface area contributed by atoms with Gasteiger partial charge in [0, 0.05) is 28.5 Å². The molecular formula is C58H42N4O. The van der Waals surface area contributed by atoms with E-state index in [1.54, 1.807) is 29.7 Å². The number of pyridine rings is 1. The molecule has 11 aromatic rings. The molecule has 5 nitrogen and oxygen atoms in total. The number of benzene rings is 8. The van der Waals surface area contributed by atoms with Gasteiger partial charge in [0.2, 0.25) is 0 Å². The topological polar surface area (TPSA) is 35.9 Å². The Morgan fingerprint density at radius 3 is 2.22 bits per heavy atom. The van der Waals surface area contributed by atoms with E-state index in [1.165, 1.54) is 28.3 Å². The minimum absolute atomic E-state index is 0.0234. The molecule has 8 aromatic carbocycles. The highest BCUT2D eigenvalue weighted by Crippen LogP contribution is 2.49. The average molecular weight is 819 g/mol. The maximum absolute atomic E-state index is 9.19. The molecule has 0 bridgehead atoms. The van der Waals surface area contributed by atoms with E-state index in [-0.39, 0.29) is 41.2 Å². The molecule has 0 radical (unpaired) electrons. The predicted molar refractivity (Wildman–Crippen MR) is 255 cm³/mol. The number of hydrogen-bond acceptors (Lipinski definition) is 2. The number of aromatic nitrogens is 4. The van der Waals surface area contributed by atoms with Crippen LogP contribution in [-0.4, -0.2) is 14.1 Å². The van der Waals surface area contributed by atoms with Gasteiger partial charge in [-0.25, -0.2) is 4.98 Å². The van der Waals surface area contributed by atoms with Crippen molar-refractivity contribution in [3.05, 3.63) is 223 Å². The van der Waals surface area contributed by atoms with Crippen LogP contribution < -0.4 is 9.30 Å². The largest absolute Gasteiger partial charge is 0.458 e. The fourth-order valence-corrected chi connectivity index (χ4v) is 9.41. The Morgan fingerprint density at radius 2 is 1.33 bits per heavy atom. The Morgan fingerprint density at radius 1 is 0.603 bits per heavy atom. The van der Waals surface area contributed by atoms with Gasteiger partial charge in [0.05, 0.1) is 44.4 Å².